The van der Waals surface area contributed by atoms with Gasteiger partial charge in [-0.05, 0) is 26.0 Å². The zero-order valence-electron chi connectivity index (χ0n) is 14.5. The Balaban J connectivity index is 1.74. The van der Waals surface area contributed by atoms with E-state index in [1.165, 1.54) is 4.31 Å². The lowest BCUT2D eigenvalue weighted by Gasteiger charge is -2.26. The molecule has 8 heteroatoms. The van der Waals surface area contributed by atoms with E-state index in [0.29, 0.717) is 55.7 Å². The molecule has 0 spiro atoms. The quantitative estimate of drug-likeness (QED) is 0.777. The van der Waals surface area contributed by atoms with Gasteiger partial charge >= 0.3 is 0 Å². The molecular formula is C17H23N3O4S. The van der Waals surface area contributed by atoms with E-state index in [0.717, 1.165) is 5.75 Å². The first kappa shape index (κ1) is 17.9. The maximum Gasteiger partial charge on any atom is 0.246 e. The highest BCUT2D eigenvalue weighted by Gasteiger charge is 2.31. The summed E-state index contributed by atoms with van der Waals surface area (Å²) in [6, 6.07) is 9.51. The van der Waals surface area contributed by atoms with Gasteiger partial charge < -0.3 is 9.47 Å². The molecule has 0 N–H and O–H groups in total. The van der Waals surface area contributed by atoms with Crippen molar-refractivity contribution in [3.63, 3.8) is 0 Å². The van der Waals surface area contributed by atoms with Crippen molar-refractivity contribution in [3.05, 3.63) is 41.7 Å². The average molecular weight is 365 g/mol. The van der Waals surface area contributed by atoms with Crippen LogP contribution in [0.3, 0.4) is 0 Å². The molecule has 1 aliphatic heterocycles. The maximum atomic E-state index is 12.9. The van der Waals surface area contributed by atoms with Crippen LogP contribution in [0.15, 0.2) is 35.2 Å². The van der Waals surface area contributed by atoms with Crippen molar-refractivity contribution >= 4 is 10.0 Å². The Labute approximate surface area is 148 Å². The molecule has 0 bridgehead atoms. The van der Waals surface area contributed by atoms with Crippen LogP contribution in [0, 0.1) is 13.8 Å². The minimum absolute atomic E-state index is 0.300. The Bertz CT molecular complexity index is 812. The predicted molar refractivity (Wildman–Crippen MR) is 93.2 cm³/mol. The molecule has 0 radical (unpaired) electrons. The molecule has 2 aromatic rings. The van der Waals surface area contributed by atoms with E-state index in [-0.39, 0.29) is 0 Å². The number of rotatable bonds is 6. The van der Waals surface area contributed by atoms with Crippen molar-refractivity contribution < 1.29 is 17.9 Å². The first-order chi connectivity index (χ1) is 12.0. The Morgan fingerprint density at radius 2 is 1.84 bits per heavy atom. The minimum Gasteiger partial charge on any atom is -0.492 e. The van der Waals surface area contributed by atoms with Crippen LogP contribution in [-0.4, -0.2) is 55.4 Å². The van der Waals surface area contributed by atoms with Crippen molar-refractivity contribution in [2.24, 2.45) is 0 Å². The van der Waals surface area contributed by atoms with E-state index in [4.69, 9.17) is 9.47 Å². The highest BCUT2D eigenvalue weighted by atomic mass is 32.2. The average Bonchev–Trinajstić information content (AvgIpc) is 2.91. The number of morpholine rings is 1. The van der Waals surface area contributed by atoms with Crippen LogP contribution in [0.4, 0.5) is 0 Å². The van der Waals surface area contributed by atoms with Crippen molar-refractivity contribution in [3.8, 4) is 5.75 Å². The number of hydrogen-bond acceptors (Lipinski definition) is 5. The lowest BCUT2D eigenvalue weighted by molar-refractivity contribution is 0.0730. The fourth-order valence-corrected chi connectivity index (χ4v) is 4.74. The molecule has 1 fully saturated rings. The summed E-state index contributed by atoms with van der Waals surface area (Å²) in [5, 5.41) is 4.40. The van der Waals surface area contributed by atoms with Gasteiger partial charge in [0.1, 0.15) is 17.3 Å². The SMILES string of the molecule is Cc1nn(CCOc2ccccc2)c(C)c1S(=O)(=O)N1CCOCC1. The van der Waals surface area contributed by atoms with Gasteiger partial charge in [-0.25, -0.2) is 8.42 Å². The molecule has 1 aliphatic rings. The highest BCUT2D eigenvalue weighted by Crippen LogP contribution is 2.24. The van der Waals surface area contributed by atoms with E-state index < -0.39 is 10.0 Å². The summed E-state index contributed by atoms with van der Waals surface area (Å²) in [5.41, 5.74) is 1.16. The number of ether oxygens (including phenoxy) is 2. The molecule has 1 aromatic carbocycles. The Hall–Kier alpha value is -1.90. The van der Waals surface area contributed by atoms with Crippen molar-refractivity contribution in [1.82, 2.24) is 14.1 Å². The molecule has 1 saturated heterocycles. The molecule has 0 unspecified atom stereocenters. The van der Waals surface area contributed by atoms with Gasteiger partial charge in [-0.3, -0.25) is 4.68 Å². The van der Waals surface area contributed by atoms with Crippen molar-refractivity contribution in [1.29, 1.82) is 0 Å². The third-order valence-corrected chi connectivity index (χ3v) is 6.35. The number of benzene rings is 1. The van der Waals surface area contributed by atoms with Gasteiger partial charge in [0, 0.05) is 13.1 Å². The molecule has 2 heterocycles. The predicted octanol–water partition coefficient (Wildman–Crippen LogP) is 1.60. The standard InChI is InChI=1S/C17H23N3O4S/c1-14-17(25(21,22)19-8-11-23-12-9-19)15(2)20(18-14)10-13-24-16-6-4-3-5-7-16/h3-7H,8-13H2,1-2H3. The van der Waals surface area contributed by atoms with Crippen molar-refractivity contribution in [2.75, 3.05) is 32.9 Å². The van der Waals surface area contributed by atoms with Gasteiger partial charge in [0.25, 0.3) is 0 Å². The Kier molecular flexibility index (Phi) is 5.41. The summed E-state index contributed by atoms with van der Waals surface area (Å²) < 4.78 is 39.9. The molecule has 0 saturated carbocycles. The third kappa shape index (κ3) is 3.86. The highest BCUT2D eigenvalue weighted by molar-refractivity contribution is 7.89. The Morgan fingerprint density at radius 3 is 2.52 bits per heavy atom. The number of para-hydroxylation sites is 1. The molecule has 7 nitrogen and oxygen atoms in total. The van der Waals surface area contributed by atoms with Gasteiger partial charge in [-0.15, -0.1) is 0 Å². The number of nitrogens with zero attached hydrogens (tertiary/aromatic N) is 3. The summed E-state index contributed by atoms with van der Waals surface area (Å²) in [6.45, 7) is 6.04. The van der Waals surface area contributed by atoms with Crippen LogP contribution in [0.2, 0.25) is 0 Å². The van der Waals surface area contributed by atoms with Crippen LogP contribution in [0.25, 0.3) is 0 Å². The molecule has 136 valence electrons. The van der Waals surface area contributed by atoms with E-state index >= 15 is 0 Å². The van der Waals surface area contributed by atoms with Gasteiger partial charge in [0.15, 0.2) is 0 Å². The summed E-state index contributed by atoms with van der Waals surface area (Å²) >= 11 is 0. The summed E-state index contributed by atoms with van der Waals surface area (Å²) in [7, 11) is -3.55. The molecule has 0 atom stereocenters. The van der Waals surface area contributed by atoms with Crippen molar-refractivity contribution in [2.45, 2.75) is 25.3 Å². The molecule has 0 aliphatic carbocycles. The zero-order valence-corrected chi connectivity index (χ0v) is 15.3. The second-order valence-electron chi connectivity index (χ2n) is 5.90. The normalized spacial score (nSPS) is 16.1. The first-order valence-electron chi connectivity index (χ1n) is 8.30. The topological polar surface area (TPSA) is 73.7 Å². The third-order valence-electron chi connectivity index (χ3n) is 4.20. The number of hydrogen-bond donors (Lipinski definition) is 0. The van der Waals surface area contributed by atoms with Crippen LogP contribution in [0.1, 0.15) is 11.4 Å². The zero-order chi connectivity index (χ0) is 17.9. The van der Waals surface area contributed by atoms with E-state index in [2.05, 4.69) is 5.10 Å². The van der Waals surface area contributed by atoms with Crippen LogP contribution in [0.5, 0.6) is 5.75 Å². The summed E-state index contributed by atoms with van der Waals surface area (Å²) in [5.74, 6) is 0.783. The largest absolute Gasteiger partial charge is 0.492 e. The van der Waals surface area contributed by atoms with Gasteiger partial charge in [0.05, 0.1) is 31.1 Å². The van der Waals surface area contributed by atoms with Crippen LogP contribution < -0.4 is 4.74 Å². The smallest absolute Gasteiger partial charge is 0.246 e. The maximum absolute atomic E-state index is 12.9. The number of aryl methyl sites for hydroxylation is 1. The lowest BCUT2D eigenvalue weighted by atomic mass is 10.3. The molecule has 0 amide bonds. The van der Waals surface area contributed by atoms with Gasteiger partial charge in [-0.2, -0.15) is 9.40 Å². The number of aromatic nitrogens is 2. The minimum atomic E-state index is -3.55. The fraction of sp³-hybridized carbons (Fsp3) is 0.471. The summed E-state index contributed by atoms with van der Waals surface area (Å²) in [6.07, 6.45) is 0. The number of sulfonamides is 1. The van der Waals surface area contributed by atoms with Crippen LogP contribution in [-0.2, 0) is 21.3 Å². The molecule has 1 aromatic heterocycles. The fourth-order valence-electron chi connectivity index (χ4n) is 2.95. The summed E-state index contributed by atoms with van der Waals surface area (Å²) in [4.78, 5) is 0.300. The van der Waals surface area contributed by atoms with Crippen LogP contribution >= 0.6 is 0 Å². The first-order valence-corrected chi connectivity index (χ1v) is 9.74. The van der Waals surface area contributed by atoms with E-state index in [1.54, 1.807) is 18.5 Å². The van der Waals surface area contributed by atoms with Gasteiger partial charge in [0.2, 0.25) is 10.0 Å². The van der Waals surface area contributed by atoms with E-state index in [1.807, 2.05) is 30.3 Å². The molecule has 25 heavy (non-hydrogen) atoms. The Morgan fingerprint density at radius 1 is 1.16 bits per heavy atom. The molecule has 3 rings (SSSR count). The van der Waals surface area contributed by atoms with E-state index in [9.17, 15) is 8.42 Å². The molecular weight excluding hydrogens is 342 g/mol. The second-order valence-corrected chi connectivity index (χ2v) is 7.78. The monoisotopic (exact) mass is 365 g/mol. The lowest BCUT2D eigenvalue weighted by Crippen LogP contribution is -2.41. The van der Waals surface area contributed by atoms with Gasteiger partial charge in [-0.1, -0.05) is 18.2 Å². The second kappa shape index (κ2) is 7.55.